The molecular weight excluding hydrogens is 471 g/mol. The molecule has 2 amide bonds. The summed E-state index contributed by atoms with van der Waals surface area (Å²) >= 11 is 0. The van der Waals surface area contributed by atoms with Crippen molar-refractivity contribution in [1.82, 2.24) is 20.0 Å². The van der Waals surface area contributed by atoms with Crippen LogP contribution in [0.2, 0.25) is 0 Å². The predicted molar refractivity (Wildman–Crippen MR) is 123 cm³/mol. The van der Waals surface area contributed by atoms with Gasteiger partial charge in [0, 0.05) is 59.3 Å². The third-order valence-corrected chi connectivity index (χ3v) is 5.87. The molecule has 3 N–H and O–H groups in total. The van der Waals surface area contributed by atoms with Crippen molar-refractivity contribution >= 4 is 41.8 Å². The Bertz CT molecular complexity index is 553. The zero-order valence-corrected chi connectivity index (χ0v) is 20.1. The fourth-order valence-corrected chi connectivity index (χ4v) is 3.70. The number of nitrogens with zero attached hydrogens (tertiary/aromatic N) is 4. The van der Waals surface area contributed by atoms with E-state index in [1.165, 1.54) is 0 Å². The summed E-state index contributed by atoms with van der Waals surface area (Å²) in [6, 6.07) is 0. The van der Waals surface area contributed by atoms with Gasteiger partial charge in [0.15, 0.2) is 5.96 Å². The number of carbonyl (C=O) groups is 2. The van der Waals surface area contributed by atoms with Crippen molar-refractivity contribution in [3.63, 3.8) is 0 Å². The highest BCUT2D eigenvalue weighted by atomic mass is 127. The molecule has 28 heavy (non-hydrogen) atoms. The minimum absolute atomic E-state index is 0. The van der Waals surface area contributed by atoms with Gasteiger partial charge in [0.25, 0.3) is 0 Å². The van der Waals surface area contributed by atoms with Crippen LogP contribution in [0.3, 0.4) is 0 Å². The molecular formula is C19H37IN6O2. The van der Waals surface area contributed by atoms with Crippen molar-refractivity contribution in [2.45, 2.75) is 46.1 Å². The van der Waals surface area contributed by atoms with Crippen LogP contribution in [0.25, 0.3) is 0 Å². The maximum atomic E-state index is 11.7. The Kier molecular flexibility index (Phi) is 9.96. The number of rotatable bonds is 5. The van der Waals surface area contributed by atoms with Crippen LogP contribution in [-0.4, -0.2) is 90.4 Å². The van der Waals surface area contributed by atoms with Gasteiger partial charge < -0.3 is 20.9 Å². The van der Waals surface area contributed by atoms with Crippen LogP contribution in [-0.2, 0) is 9.59 Å². The lowest BCUT2D eigenvalue weighted by molar-refractivity contribution is -0.130. The molecule has 0 bridgehead atoms. The molecule has 0 unspecified atom stereocenters. The van der Waals surface area contributed by atoms with Gasteiger partial charge in [-0.05, 0) is 39.5 Å². The number of hydrogen-bond acceptors (Lipinski definition) is 4. The number of aliphatic imine (C=N–C) groups is 1. The summed E-state index contributed by atoms with van der Waals surface area (Å²) < 4.78 is 0. The van der Waals surface area contributed by atoms with E-state index in [4.69, 9.17) is 10.7 Å². The first-order valence-corrected chi connectivity index (χ1v) is 10.1. The van der Waals surface area contributed by atoms with E-state index in [0.717, 1.165) is 71.2 Å². The van der Waals surface area contributed by atoms with E-state index in [-0.39, 0.29) is 35.8 Å². The number of likely N-dealkylation sites (tertiary alicyclic amines) is 1. The SMILES string of the molecule is CCNC(=NCC1CCN(C(C)=O)CC1)N1CCN(C(C)(C)C(N)=O)CC1.I. The summed E-state index contributed by atoms with van der Waals surface area (Å²) in [4.78, 5) is 34.3. The number of hydrogen-bond donors (Lipinski definition) is 2. The molecule has 0 saturated carbocycles. The number of carbonyl (C=O) groups excluding carboxylic acids is 2. The van der Waals surface area contributed by atoms with Gasteiger partial charge in [-0.25, -0.2) is 0 Å². The van der Waals surface area contributed by atoms with Gasteiger partial charge in [-0.15, -0.1) is 24.0 Å². The van der Waals surface area contributed by atoms with E-state index in [2.05, 4.69) is 22.0 Å². The van der Waals surface area contributed by atoms with Gasteiger partial charge in [0.1, 0.15) is 0 Å². The van der Waals surface area contributed by atoms with Crippen LogP contribution in [0.4, 0.5) is 0 Å². The lowest BCUT2D eigenvalue weighted by Crippen LogP contribution is -2.61. The number of halogens is 1. The number of guanidine groups is 1. The molecule has 2 aliphatic heterocycles. The Labute approximate surface area is 186 Å². The third-order valence-electron chi connectivity index (χ3n) is 5.87. The van der Waals surface area contributed by atoms with Gasteiger partial charge in [0.2, 0.25) is 11.8 Å². The zero-order valence-electron chi connectivity index (χ0n) is 17.7. The van der Waals surface area contributed by atoms with Crippen molar-refractivity contribution in [3.05, 3.63) is 0 Å². The first kappa shape index (κ1) is 24.9. The molecule has 2 aliphatic rings. The molecule has 0 radical (unpaired) electrons. The first-order valence-electron chi connectivity index (χ1n) is 10.1. The molecule has 2 rings (SSSR count). The van der Waals surface area contributed by atoms with Gasteiger partial charge in [-0.3, -0.25) is 19.5 Å². The third kappa shape index (κ3) is 6.47. The quantitative estimate of drug-likeness (QED) is 0.324. The number of piperazine rings is 1. The Hall–Kier alpha value is -1.10. The molecule has 0 aliphatic carbocycles. The summed E-state index contributed by atoms with van der Waals surface area (Å²) in [6.07, 6.45) is 2.03. The second-order valence-corrected chi connectivity index (χ2v) is 8.04. The van der Waals surface area contributed by atoms with Crippen molar-refractivity contribution in [3.8, 4) is 0 Å². The molecule has 2 saturated heterocycles. The second kappa shape index (κ2) is 11.2. The van der Waals surface area contributed by atoms with Gasteiger partial charge >= 0.3 is 0 Å². The van der Waals surface area contributed by atoms with Crippen LogP contribution < -0.4 is 11.1 Å². The highest BCUT2D eigenvalue weighted by Gasteiger charge is 2.35. The Morgan fingerprint density at radius 2 is 1.64 bits per heavy atom. The largest absolute Gasteiger partial charge is 0.368 e. The molecule has 0 aromatic heterocycles. The van der Waals surface area contributed by atoms with E-state index in [0.29, 0.717) is 5.92 Å². The Balaban J connectivity index is 0.00000392. The van der Waals surface area contributed by atoms with Crippen LogP contribution in [0, 0.1) is 5.92 Å². The molecule has 2 heterocycles. The van der Waals surface area contributed by atoms with Gasteiger partial charge in [0.05, 0.1) is 5.54 Å². The zero-order chi connectivity index (χ0) is 20.0. The fraction of sp³-hybridized carbons (Fsp3) is 0.842. The average molecular weight is 508 g/mol. The smallest absolute Gasteiger partial charge is 0.237 e. The highest BCUT2D eigenvalue weighted by Crippen LogP contribution is 2.19. The van der Waals surface area contributed by atoms with Gasteiger partial charge in [-0.2, -0.15) is 0 Å². The molecule has 0 atom stereocenters. The minimum atomic E-state index is -0.619. The molecule has 0 aromatic carbocycles. The van der Waals surface area contributed by atoms with Gasteiger partial charge in [-0.1, -0.05) is 0 Å². The number of nitrogens with one attached hydrogen (secondary N) is 1. The van der Waals surface area contributed by atoms with E-state index < -0.39 is 5.54 Å². The van der Waals surface area contributed by atoms with Crippen LogP contribution in [0.1, 0.15) is 40.5 Å². The van der Waals surface area contributed by atoms with Crippen LogP contribution in [0.5, 0.6) is 0 Å². The van der Waals surface area contributed by atoms with Crippen molar-refractivity contribution in [2.24, 2.45) is 16.6 Å². The van der Waals surface area contributed by atoms with Crippen LogP contribution in [0.15, 0.2) is 4.99 Å². The maximum Gasteiger partial charge on any atom is 0.237 e. The molecule has 8 nitrogen and oxygen atoms in total. The predicted octanol–water partition coefficient (Wildman–Crippen LogP) is 0.710. The van der Waals surface area contributed by atoms with E-state index in [1.54, 1.807) is 6.92 Å². The standard InChI is InChI=1S/C19H36N6O2.HI/c1-5-21-18(22-14-16-6-8-23(9-7-16)15(2)26)24-10-12-25(13-11-24)19(3,4)17(20)27;/h16H,5-14H2,1-4H3,(H2,20,27)(H,21,22);1H. The lowest BCUT2D eigenvalue weighted by atomic mass is 9.97. The van der Waals surface area contributed by atoms with E-state index >= 15 is 0 Å². The second-order valence-electron chi connectivity index (χ2n) is 8.04. The molecule has 2 fully saturated rings. The van der Waals surface area contributed by atoms with Crippen molar-refractivity contribution < 1.29 is 9.59 Å². The molecule has 9 heteroatoms. The first-order chi connectivity index (χ1) is 12.8. The van der Waals surface area contributed by atoms with E-state index in [1.807, 2.05) is 18.7 Å². The Morgan fingerprint density at radius 3 is 2.11 bits per heavy atom. The van der Waals surface area contributed by atoms with E-state index in [9.17, 15) is 9.59 Å². The Morgan fingerprint density at radius 1 is 1.07 bits per heavy atom. The summed E-state index contributed by atoms with van der Waals surface area (Å²) in [5.41, 5.74) is 4.93. The topological polar surface area (TPSA) is 94.3 Å². The molecule has 0 aromatic rings. The normalized spacial score (nSPS) is 19.9. The lowest BCUT2D eigenvalue weighted by Gasteiger charge is -2.43. The number of piperidine rings is 1. The molecule has 162 valence electrons. The fourth-order valence-electron chi connectivity index (χ4n) is 3.70. The summed E-state index contributed by atoms with van der Waals surface area (Å²) in [5.74, 6) is 1.36. The number of nitrogens with two attached hydrogens (primary N) is 1. The maximum absolute atomic E-state index is 11.7. The average Bonchev–Trinajstić information content (AvgIpc) is 2.65. The number of primary amides is 1. The minimum Gasteiger partial charge on any atom is -0.368 e. The highest BCUT2D eigenvalue weighted by molar-refractivity contribution is 14.0. The summed E-state index contributed by atoms with van der Waals surface area (Å²) in [6.45, 7) is 14.0. The van der Waals surface area contributed by atoms with Crippen LogP contribution >= 0.6 is 24.0 Å². The van der Waals surface area contributed by atoms with Crippen molar-refractivity contribution in [1.29, 1.82) is 0 Å². The molecule has 0 spiro atoms. The monoisotopic (exact) mass is 508 g/mol. The summed E-state index contributed by atoms with van der Waals surface area (Å²) in [7, 11) is 0. The van der Waals surface area contributed by atoms with Crippen molar-refractivity contribution in [2.75, 3.05) is 52.4 Å². The summed E-state index contributed by atoms with van der Waals surface area (Å²) in [5, 5.41) is 3.40. The number of amides is 2.